The van der Waals surface area contributed by atoms with Crippen LogP contribution in [0, 0.1) is 0 Å². The zero-order chi connectivity index (χ0) is 8.55. The van der Waals surface area contributed by atoms with Gasteiger partial charge in [-0.25, -0.2) is 4.98 Å². The first kappa shape index (κ1) is 8.08. The number of halogens is 1. The van der Waals surface area contributed by atoms with E-state index in [2.05, 4.69) is 9.55 Å². The van der Waals surface area contributed by atoms with Gasteiger partial charge in [0.15, 0.2) is 0 Å². The van der Waals surface area contributed by atoms with Gasteiger partial charge in [-0.1, -0.05) is 0 Å². The van der Waals surface area contributed by atoms with E-state index in [0.29, 0.717) is 11.8 Å². The summed E-state index contributed by atoms with van der Waals surface area (Å²) >= 11 is 5.94. The van der Waals surface area contributed by atoms with Gasteiger partial charge in [-0.15, -0.1) is 0 Å². The predicted molar refractivity (Wildman–Crippen MR) is 48.1 cm³/mol. The fourth-order valence-corrected chi connectivity index (χ4v) is 2.02. The molecule has 2 rings (SSSR count). The minimum Gasteiger partial charge on any atom is -0.325 e. The van der Waals surface area contributed by atoms with Crippen molar-refractivity contribution in [3.8, 4) is 0 Å². The van der Waals surface area contributed by atoms with Gasteiger partial charge >= 0.3 is 0 Å². The first-order valence-electron chi connectivity index (χ1n) is 4.26. The molecule has 1 aromatic rings. The molecule has 0 atom stereocenters. The number of hydrogen-bond acceptors (Lipinski definition) is 2. The Hall–Kier alpha value is -0.540. The minimum absolute atomic E-state index is 0.502. The molecule has 2 heterocycles. The van der Waals surface area contributed by atoms with Gasteiger partial charge in [0.05, 0.1) is 5.69 Å². The average molecular weight is 186 g/mol. The normalized spacial score (nSPS) is 16.2. The number of nitrogens with two attached hydrogens (primary N) is 1. The zero-order valence-electron chi connectivity index (χ0n) is 6.89. The van der Waals surface area contributed by atoms with E-state index in [1.54, 1.807) is 0 Å². The summed E-state index contributed by atoms with van der Waals surface area (Å²) < 4.78 is 2.08. The van der Waals surface area contributed by atoms with Gasteiger partial charge in [0.2, 0.25) is 5.28 Å². The topological polar surface area (TPSA) is 43.8 Å². The second kappa shape index (κ2) is 3.07. The Morgan fingerprint density at radius 1 is 1.50 bits per heavy atom. The molecule has 1 aliphatic rings. The van der Waals surface area contributed by atoms with E-state index in [9.17, 15) is 0 Å². The highest BCUT2D eigenvalue weighted by molar-refractivity contribution is 6.28. The lowest BCUT2D eigenvalue weighted by Gasteiger charge is -2.15. The molecule has 1 aliphatic heterocycles. The van der Waals surface area contributed by atoms with E-state index in [1.165, 1.54) is 18.5 Å². The third-order valence-corrected chi connectivity index (χ3v) is 2.64. The number of nitrogens with zero attached hydrogens (tertiary/aromatic N) is 2. The Morgan fingerprint density at radius 2 is 2.33 bits per heavy atom. The molecule has 0 aliphatic carbocycles. The first-order valence-corrected chi connectivity index (χ1v) is 4.64. The standard InChI is InChI=1S/C8H12ClN3/c9-8-11-6(5-10)7-3-1-2-4-12(7)8/h1-5,10H2. The highest BCUT2D eigenvalue weighted by atomic mass is 35.5. The Kier molecular flexibility index (Phi) is 2.07. The van der Waals surface area contributed by atoms with Gasteiger partial charge in [0.1, 0.15) is 0 Å². The molecule has 0 unspecified atom stereocenters. The van der Waals surface area contributed by atoms with Crippen LogP contribution in [0.25, 0.3) is 0 Å². The fourth-order valence-electron chi connectivity index (χ4n) is 1.74. The molecule has 0 saturated heterocycles. The van der Waals surface area contributed by atoms with Crippen molar-refractivity contribution in [2.24, 2.45) is 5.73 Å². The van der Waals surface area contributed by atoms with Gasteiger partial charge in [0, 0.05) is 18.8 Å². The van der Waals surface area contributed by atoms with E-state index in [0.717, 1.165) is 18.7 Å². The molecule has 0 bridgehead atoms. The van der Waals surface area contributed by atoms with Crippen molar-refractivity contribution in [2.45, 2.75) is 32.4 Å². The summed E-state index contributed by atoms with van der Waals surface area (Å²) in [6, 6.07) is 0. The maximum Gasteiger partial charge on any atom is 0.203 e. The van der Waals surface area contributed by atoms with Crippen molar-refractivity contribution in [2.75, 3.05) is 0 Å². The van der Waals surface area contributed by atoms with E-state index >= 15 is 0 Å². The summed E-state index contributed by atoms with van der Waals surface area (Å²) in [4.78, 5) is 4.21. The molecule has 0 aromatic carbocycles. The van der Waals surface area contributed by atoms with Crippen molar-refractivity contribution in [3.63, 3.8) is 0 Å². The summed E-state index contributed by atoms with van der Waals surface area (Å²) in [7, 11) is 0. The van der Waals surface area contributed by atoms with Gasteiger partial charge in [-0.2, -0.15) is 0 Å². The predicted octanol–water partition coefficient (Wildman–Crippen LogP) is 1.33. The van der Waals surface area contributed by atoms with Gasteiger partial charge < -0.3 is 10.3 Å². The molecule has 3 nitrogen and oxygen atoms in total. The SMILES string of the molecule is NCc1nc(Cl)n2c1CCCC2. The average Bonchev–Trinajstić information content (AvgIpc) is 2.44. The largest absolute Gasteiger partial charge is 0.325 e. The molecule has 12 heavy (non-hydrogen) atoms. The van der Waals surface area contributed by atoms with Crippen molar-refractivity contribution in [3.05, 3.63) is 16.7 Å². The van der Waals surface area contributed by atoms with Crippen LogP contribution in [0.3, 0.4) is 0 Å². The van der Waals surface area contributed by atoms with Crippen LogP contribution in [-0.2, 0) is 19.5 Å². The van der Waals surface area contributed by atoms with Crippen molar-refractivity contribution < 1.29 is 0 Å². The van der Waals surface area contributed by atoms with E-state index in [1.807, 2.05) is 0 Å². The molecule has 0 radical (unpaired) electrons. The molecule has 0 amide bonds. The van der Waals surface area contributed by atoms with Crippen LogP contribution in [0.5, 0.6) is 0 Å². The molecular weight excluding hydrogens is 174 g/mol. The molecule has 1 aromatic heterocycles. The van der Waals surface area contributed by atoms with Gasteiger partial charge in [0.25, 0.3) is 0 Å². The number of hydrogen-bond donors (Lipinski definition) is 1. The lowest BCUT2D eigenvalue weighted by molar-refractivity contribution is 0.529. The molecule has 2 N–H and O–H groups in total. The maximum absolute atomic E-state index is 5.94. The minimum atomic E-state index is 0.502. The van der Waals surface area contributed by atoms with Gasteiger partial charge in [-0.05, 0) is 30.9 Å². The number of imidazole rings is 1. The molecule has 4 heteroatoms. The first-order chi connectivity index (χ1) is 5.83. The van der Waals surface area contributed by atoms with Crippen LogP contribution >= 0.6 is 11.6 Å². The summed E-state index contributed by atoms with van der Waals surface area (Å²) in [5.41, 5.74) is 7.77. The molecule has 0 saturated carbocycles. The highest BCUT2D eigenvalue weighted by Gasteiger charge is 2.17. The van der Waals surface area contributed by atoms with Crippen LogP contribution in [0.15, 0.2) is 0 Å². The van der Waals surface area contributed by atoms with E-state index < -0.39 is 0 Å². The number of aromatic nitrogens is 2. The van der Waals surface area contributed by atoms with Crippen LogP contribution in [-0.4, -0.2) is 9.55 Å². The van der Waals surface area contributed by atoms with E-state index in [4.69, 9.17) is 17.3 Å². The van der Waals surface area contributed by atoms with E-state index in [-0.39, 0.29) is 0 Å². The van der Waals surface area contributed by atoms with Crippen molar-refractivity contribution in [1.82, 2.24) is 9.55 Å². The smallest absolute Gasteiger partial charge is 0.203 e. The highest BCUT2D eigenvalue weighted by Crippen LogP contribution is 2.22. The molecular formula is C8H12ClN3. The van der Waals surface area contributed by atoms with Crippen LogP contribution in [0.4, 0.5) is 0 Å². The van der Waals surface area contributed by atoms with Crippen molar-refractivity contribution >= 4 is 11.6 Å². The third kappa shape index (κ3) is 1.13. The monoisotopic (exact) mass is 185 g/mol. The molecule has 66 valence electrons. The number of fused-ring (bicyclic) bond motifs is 1. The number of rotatable bonds is 1. The Balaban J connectivity index is 2.47. The second-order valence-electron chi connectivity index (χ2n) is 3.09. The van der Waals surface area contributed by atoms with Crippen LogP contribution in [0.2, 0.25) is 5.28 Å². The molecule has 0 spiro atoms. The lowest BCUT2D eigenvalue weighted by atomic mass is 10.1. The Morgan fingerprint density at radius 3 is 3.08 bits per heavy atom. The maximum atomic E-state index is 5.94. The lowest BCUT2D eigenvalue weighted by Crippen LogP contribution is -2.12. The third-order valence-electron chi connectivity index (χ3n) is 2.35. The zero-order valence-corrected chi connectivity index (χ0v) is 7.64. The summed E-state index contributed by atoms with van der Waals surface area (Å²) in [5, 5.41) is 0.602. The van der Waals surface area contributed by atoms with Crippen LogP contribution < -0.4 is 5.73 Å². The fraction of sp³-hybridized carbons (Fsp3) is 0.625. The summed E-state index contributed by atoms with van der Waals surface area (Å²) in [6.45, 7) is 1.50. The van der Waals surface area contributed by atoms with Gasteiger partial charge in [-0.3, -0.25) is 0 Å². The quantitative estimate of drug-likeness (QED) is 0.718. The summed E-state index contributed by atoms with van der Waals surface area (Å²) in [6.07, 6.45) is 3.51. The summed E-state index contributed by atoms with van der Waals surface area (Å²) in [5.74, 6) is 0. The Bertz CT molecular complexity index is 293. The molecule has 0 fully saturated rings. The second-order valence-corrected chi connectivity index (χ2v) is 3.43. The van der Waals surface area contributed by atoms with Crippen molar-refractivity contribution in [1.29, 1.82) is 0 Å². The Labute approximate surface area is 76.5 Å². The van der Waals surface area contributed by atoms with Crippen LogP contribution in [0.1, 0.15) is 24.2 Å².